The Labute approximate surface area is 215 Å². The molecule has 12 heteroatoms. The fourth-order valence-electron chi connectivity index (χ4n) is 4.16. The first-order valence-electron chi connectivity index (χ1n) is 11.7. The molecule has 4 rings (SSSR count). The number of Topliss-reactive ketones (excluding diaryl/α,β-unsaturated/α-hetero) is 1. The van der Waals surface area contributed by atoms with Gasteiger partial charge >= 0.3 is 6.18 Å². The maximum Gasteiger partial charge on any atom is 0.418 e. The Hall–Kier alpha value is -4.06. The van der Waals surface area contributed by atoms with E-state index < -0.39 is 28.9 Å². The van der Waals surface area contributed by atoms with Gasteiger partial charge in [0.15, 0.2) is 5.78 Å². The summed E-state index contributed by atoms with van der Waals surface area (Å²) in [5.74, 6) is -1.37. The van der Waals surface area contributed by atoms with E-state index in [4.69, 9.17) is 10.5 Å². The topological polar surface area (TPSA) is 119 Å². The van der Waals surface area contributed by atoms with Gasteiger partial charge in [-0.05, 0) is 37.6 Å². The minimum absolute atomic E-state index is 0.00953. The molecule has 0 bridgehead atoms. The number of hydrogen-bond donors (Lipinski definition) is 3. The van der Waals surface area contributed by atoms with Gasteiger partial charge in [0.2, 0.25) is 5.91 Å². The van der Waals surface area contributed by atoms with Crippen LogP contribution in [0.15, 0.2) is 48.8 Å². The highest BCUT2D eigenvalue weighted by atomic mass is 19.4. The molecule has 0 unspecified atom stereocenters. The number of alkyl halides is 3. The summed E-state index contributed by atoms with van der Waals surface area (Å²) in [7, 11) is 0. The van der Waals surface area contributed by atoms with Crippen LogP contribution in [0, 0.1) is 18.2 Å². The van der Waals surface area contributed by atoms with Gasteiger partial charge in [-0.2, -0.15) is 13.2 Å². The number of ketones is 1. The van der Waals surface area contributed by atoms with Gasteiger partial charge in [-0.25, -0.2) is 9.37 Å². The molecule has 0 spiro atoms. The molecule has 200 valence electrons. The summed E-state index contributed by atoms with van der Waals surface area (Å²) in [5, 5.41) is 5.17. The molecule has 1 amide bonds. The maximum absolute atomic E-state index is 14.8. The second-order valence-corrected chi connectivity index (χ2v) is 9.16. The van der Waals surface area contributed by atoms with Crippen LogP contribution in [0.25, 0.3) is 0 Å². The summed E-state index contributed by atoms with van der Waals surface area (Å²) in [5.41, 5.74) is 3.91. The molecular weight excluding hydrogens is 506 g/mol. The predicted molar refractivity (Wildman–Crippen MR) is 131 cm³/mol. The summed E-state index contributed by atoms with van der Waals surface area (Å²) in [6.45, 7) is 1.55. The van der Waals surface area contributed by atoms with E-state index in [1.807, 2.05) is 0 Å². The minimum Gasteiger partial charge on any atom is -0.384 e. The number of carbonyl (C=O) groups is 2. The van der Waals surface area contributed by atoms with Crippen molar-refractivity contribution in [2.24, 2.45) is 5.41 Å². The summed E-state index contributed by atoms with van der Waals surface area (Å²) in [6, 6.07) is 7.77. The smallest absolute Gasteiger partial charge is 0.384 e. The minimum atomic E-state index is -4.60. The molecule has 1 aromatic carbocycles. The van der Waals surface area contributed by atoms with E-state index in [1.165, 1.54) is 43.6 Å². The van der Waals surface area contributed by atoms with Crippen molar-refractivity contribution in [3.8, 4) is 0 Å². The van der Waals surface area contributed by atoms with Crippen LogP contribution < -0.4 is 16.4 Å². The Balaban J connectivity index is 1.44. The van der Waals surface area contributed by atoms with Crippen LogP contribution in [0.3, 0.4) is 0 Å². The monoisotopic (exact) mass is 531 g/mol. The average molecular weight is 532 g/mol. The normalized spacial score (nSPS) is 17.3. The van der Waals surface area contributed by atoms with Crippen molar-refractivity contribution >= 4 is 28.9 Å². The lowest BCUT2D eigenvalue weighted by Gasteiger charge is -2.25. The van der Waals surface area contributed by atoms with E-state index in [1.54, 1.807) is 0 Å². The molecule has 0 saturated carbocycles. The van der Waals surface area contributed by atoms with Gasteiger partial charge in [-0.15, -0.1) is 0 Å². The van der Waals surface area contributed by atoms with Crippen LogP contribution in [-0.4, -0.2) is 34.9 Å². The van der Waals surface area contributed by atoms with E-state index in [-0.39, 0.29) is 54.8 Å². The second-order valence-electron chi connectivity index (χ2n) is 9.16. The third-order valence-corrected chi connectivity index (χ3v) is 6.29. The summed E-state index contributed by atoms with van der Waals surface area (Å²) in [6.07, 6.45) is -1.93. The number of halogens is 4. The zero-order chi connectivity index (χ0) is 27.5. The van der Waals surface area contributed by atoms with Crippen LogP contribution >= 0.6 is 0 Å². The zero-order valence-corrected chi connectivity index (χ0v) is 20.4. The fraction of sp³-hybridized carbons (Fsp3) is 0.308. The van der Waals surface area contributed by atoms with E-state index in [0.29, 0.717) is 17.5 Å². The van der Waals surface area contributed by atoms with Gasteiger partial charge in [-0.3, -0.25) is 14.6 Å². The van der Waals surface area contributed by atoms with Gasteiger partial charge < -0.3 is 21.1 Å². The lowest BCUT2D eigenvalue weighted by molar-refractivity contribution is -0.137. The number of carbonyl (C=O) groups excluding carboxylic acids is 2. The Morgan fingerprint density at radius 3 is 2.55 bits per heavy atom. The van der Waals surface area contributed by atoms with Crippen molar-refractivity contribution < 1.29 is 31.9 Å². The molecule has 38 heavy (non-hydrogen) atoms. The van der Waals surface area contributed by atoms with Crippen molar-refractivity contribution in [3.63, 3.8) is 0 Å². The molecule has 1 aliphatic rings. The number of amides is 1. The lowest BCUT2D eigenvalue weighted by atomic mass is 9.80. The third-order valence-electron chi connectivity index (χ3n) is 6.29. The first-order chi connectivity index (χ1) is 18.0. The Morgan fingerprint density at radius 2 is 1.92 bits per heavy atom. The molecule has 4 N–H and O–H groups in total. The largest absolute Gasteiger partial charge is 0.418 e. The predicted octanol–water partition coefficient (Wildman–Crippen LogP) is 4.56. The first-order valence-corrected chi connectivity index (χ1v) is 11.7. The molecule has 1 atom stereocenters. The number of aromatic nitrogens is 2. The van der Waals surface area contributed by atoms with Crippen LogP contribution in [0.5, 0.6) is 0 Å². The number of nitrogens with zero attached hydrogens (tertiary/aromatic N) is 2. The quantitative estimate of drug-likeness (QED) is 0.288. The summed E-state index contributed by atoms with van der Waals surface area (Å²) < 4.78 is 60.3. The molecule has 3 aromatic rings. The molecule has 3 heterocycles. The Bertz CT molecular complexity index is 1340. The van der Waals surface area contributed by atoms with Gasteiger partial charge in [0.1, 0.15) is 11.6 Å². The number of pyridine rings is 2. The second kappa shape index (κ2) is 10.7. The number of nitrogens with one attached hydrogen (secondary N) is 2. The van der Waals surface area contributed by atoms with Crippen molar-refractivity contribution in [3.05, 3.63) is 77.0 Å². The standard InChI is InChI=1S/C26H25F4N5O3/c1-15-2-4-20(18(8-15)26(28,29)30)35-17-9-19(27)21(32-12-17)13-34-24(37)25(6-7-38-14-25)10-22(36)16-3-5-23(31)33-11-16/h2-5,8-9,11-12,35H,6-7,10,13-14H2,1H3,(H2,31,33)(H,34,37)/t25-/m0/s1. The van der Waals surface area contributed by atoms with Crippen molar-refractivity contribution in [1.82, 2.24) is 15.3 Å². The van der Waals surface area contributed by atoms with Gasteiger partial charge in [0.05, 0.1) is 47.4 Å². The number of ether oxygens (including phenoxy) is 1. The first kappa shape index (κ1) is 27.0. The third kappa shape index (κ3) is 6.08. The van der Waals surface area contributed by atoms with Crippen molar-refractivity contribution in [2.75, 3.05) is 24.3 Å². The average Bonchev–Trinajstić information content (AvgIpc) is 3.34. The van der Waals surface area contributed by atoms with Gasteiger partial charge in [-0.1, -0.05) is 11.6 Å². The highest BCUT2D eigenvalue weighted by Gasteiger charge is 2.44. The molecule has 2 aromatic heterocycles. The number of nitrogen functional groups attached to an aromatic ring is 1. The zero-order valence-electron chi connectivity index (χ0n) is 20.4. The van der Waals surface area contributed by atoms with Gasteiger partial charge in [0.25, 0.3) is 0 Å². The molecule has 0 aliphatic carbocycles. The van der Waals surface area contributed by atoms with Crippen LogP contribution in [-0.2, 0) is 22.3 Å². The maximum atomic E-state index is 14.8. The number of rotatable bonds is 8. The lowest BCUT2D eigenvalue weighted by Crippen LogP contribution is -2.43. The van der Waals surface area contributed by atoms with E-state index in [9.17, 15) is 27.2 Å². The van der Waals surface area contributed by atoms with E-state index >= 15 is 0 Å². The molecular formula is C26H25F4N5O3. The number of anilines is 3. The number of hydrogen-bond acceptors (Lipinski definition) is 7. The van der Waals surface area contributed by atoms with E-state index in [0.717, 1.165) is 12.1 Å². The van der Waals surface area contributed by atoms with Crippen LogP contribution in [0.2, 0.25) is 0 Å². The molecule has 1 aliphatic heterocycles. The SMILES string of the molecule is Cc1ccc(Nc2cnc(CNC(=O)[C@]3(CC(=O)c4ccc(N)nc4)CCOC3)c(F)c2)c(C(F)(F)F)c1. The van der Waals surface area contributed by atoms with Gasteiger partial charge in [0, 0.05) is 30.9 Å². The number of aryl methyl sites for hydroxylation is 1. The van der Waals surface area contributed by atoms with Crippen LogP contribution in [0.1, 0.15) is 40.0 Å². The summed E-state index contributed by atoms with van der Waals surface area (Å²) >= 11 is 0. The molecule has 1 saturated heterocycles. The molecule has 0 radical (unpaired) electrons. The number of nitrogens with two attached hydrogens (primary N) is 1. The molecule has 1 fully saturated rings. The van der Waals surface area contributed by atoms with E-state index in [2.05, 4.69) is 20.6 Å². The molecule has 8 nitrogen and oxygen atoms in total. The van der Waals surface area contributed by atoms with Crippen molar-refractivity contribution in [1.29, 1.82) is 0 Å². The summed E-state index contributed by atoms with van der Waals surface area (Å²) in [4.78, 5) is 33.7. The van der Waals surface area contributed by atoms with Crippen LogP contribution in [0.4, 0.5) is 34.8 Å². The fourth-order valence-corrected chi connectivity index (χ4v) is 4.16. The Morgan fingerprint density at radius 1 is 1.13 bits per heavy atom. The van der Waals surface area contributed by atoms with Crippen molar-refractivity contribution in [2.45, 2.75) is 32.5 Å². The highest BCUT2D eigenvalue weighted by Crippen LogP contribution is 2.37. The highest BCUT2D eigenvalue weighted by molar-refractivity contribution is 5.99. The Kier molecular flexibility index (Phi) is 7.63. The number of benzene rings is 1.